The van der Waals surface area contributed by atoms with Gasteiger partial charge in [-0.2, -0.15) is 8.42 Å². The highest BCUT2D eigenvalue weighted by molar-refractivity contribution is 7.79. The lowest BCUT2D eigenvalue weighted by Gasteiger charge is -2.60. The van der Waals surface area contributed by atoms with Crippen molar-refractivity contribution in [3.05, 3.63) is 0 Å². The summed E-state index contributed by atoms with van der Waals surface area (Å²) in [5.74, 6) is 4.60. The van der Waals surface area contributed by atoms with E-state index in [0.717, 1.165) is 23.7 Å². The molecule has 5 nitrogen and oxygen atoms in total. The van der Waals surface area contributed by atoms with Crippen LogP contribution in [0.4, 0.5) is 0 Å². The van der Waals surface area contributed by atoms with Crippen molar-refractivity contribution in [2.45, 2.75) is 85.0 Å². The van der Waals surface area contributed by atoms with Crippen LogP contribution in [0.5, 0.6) is 0 Å². The molecular weight excluding hydrogens is 364 g/mol. The Hall–Kier alpha value is -0.460. The van der Waals surface area contributed by atoms with E-state index in [0.29, 0.717) is 22.5 Å². The van der Waals surface area contributed by atoms with Gasteiger partial charge in [0.2, 0.25) is 0 Å². The third-order valence-corrected chi connectivity index (χ3v) is 9.07. The first-order valence-corrected chi connectivity index (χ1v) is 12.1. The van der Waals surface area contributed by atoms with Crippen LogP contribution >= 0.6 is 0 Å². The van der Waals surface area contributed by atoms with Crippen molar-refractivity contribution < 1.29 is 22.3 Å². The number of ketones is 1. The monoisotopic (exact) mass is 400 g/mol. The summed E-state index contributed by atoms with van der Waals surface area (Å²) < 4.78 is 31.6. The second-order valence-corrected chi connectivity index (χ2v) is 11.0. The minimum atomic E-state index is -4.67. The number of fused-ring (bicyclic) bond motifs is 5. The van der Waals surface area contributed by atoms with Crippen LogP contribution in [0.15, 0.2) is 0 Å². The molecule has 4 aliphatic carbocycles. The Labute approximate surface area is 164 Å². The average Bonchev–Trinajstić information content (AvgIpc) is 2.90. The van der Waals surface area contributed by atoms with E-state index in [2.05, 4.69) is 13.8 Å². The Kier molecular flexibility index (Phi) is 5.84. The molecule has 4 fully saturated rings. The topological polar surface area (TPSA) is 91.7 Å². The minimum absolute atomic E-state index is 0.338. The van der Waals surface area contributed by atoms with Crippen molar-refractivity contribution in [3.63, 3.8) is 0 Å². The summed E-state index contributed by atoms with van der Waals surface area (Å²) in [6, 6.07) is 0. The van der Waals surface area contributed by atoms with Gasteiger partial charge in [0.05, 0.1) is 0 Å². The van der Waals surface area contributed by atoms with Crippen LogP contribution in [-0.2, 0) is 15.2 Å². The van der Waals surface area contributed by atoms with Crippen molar-refractivity contribution in [3.8, 4) is 0 Å². The summed E-state index contributed by atoms with van der Waals surface area (Å²) in [5, 5.41) is 0. The predicted octanol–water partition coefficient (Wildman–Crippen LogP) is 4.97. The summed E-state index contributed by atoms with van der Waals surface area (Å²) in [7, 11) is -4.67. The lowest BCUT2D eigenvalue weighted by Crippen LogP contribution is -2.53. The number of rotatable bonds is 1. The average molecular weight is 401 g/mol. The molecule has 4 rings (SSSR count). The highest BCUT2D eigenvalue weighted by Crippen LogP contribution is 2.67. The van der Waals surface area contributed by atoms with E-state index in [1.54, 1.807) is 0 Å². The van der Waals surface area contributed by atoms with E-state index in [1.807, 2.05) is 6.92 Å². The molecule has 4 saturated carbocycles. The van der Waals surface area contributed by atoms with E-state index < -0.39 is 10.4 Å². The van der Waals surface area contributed by atoms with Gasteiger partial charge in [-0.1, -0.05) is 26.7 Å². The van der Waals surface area contributed by atoms with Crippen LogP contribution < -0.4 is 0 Å². The van der Waals surface area contributed by atoms with Crippen LogP contribution in [0.2, 0.25) is 0 Å². The number of carbonyl (C=O) groups excluding carboxylic acids is 1. The zero-order chi connectivity index (χ0) is 20.0. The molecule has 0 amide bonds. The molecule has 1 unspecified atom stereocenters. The molecule has 4 aliphatic rings. The van der Waals surface area contributed by atoms with Gasteiger partial charge < -0.3 is 0 Å². The summed E-state index contributed by atoms with van der Waals surface area (Å²) in [4.78, 5) is 12.2. The molecule has 156 valence electrons. The van der Waals surface area contributed by atoms with Crippen molar-refractivity contribution in [1.82, 2.24) is 0 Å². The van der Waals surface area contributed by atoms with Gasteiger partial charge in [0, 0.05) is 5.92 Å². The highest BCUT2D eigenvalue weighted by atomic mass is 32.3. The first-order chi connectivity index (χ1) is 12.5. The highest BCUT2D eigenvalue weighted by Gasteiger charge is 2.60. The van der Waals surface area contributed by atoms with Crippen molar-refractivity contribution in [1.29, 1.82) is 0 Å². The SMILES string of the molecule is CC(=O)[C@H]1CC[C@H]2[C@@H]3CCC4CCCC[C@]4(C)[C@H]3CC[C@]12C.O=S(=O)(O)O. The second-order valence-electron chi connectivity index (χ2n) is 10.1. The third-order valence-electron chi connectivity index (χ3n) is 9.07. The molecule has 27 heavy (non-hydrogen) atoms. The molecular formula is C21H36O5S. The standard InChI is InChI=1S/C21H34O.H2O4S/c1-14(22)17-9-10-18-16-8-7-15-6-4-5-12-20(15,2)19(16)11-13-21(17,18)3;1-5(2,3)4/h15-19H,4-13H2,1-3H3;(H2,1,2,3,4)/t15?,16-,17+,18-,19-,20-,21+;/m0./s1. The van der Waals surface area contributed by atoms with Crippen molar-refractivity contribution >= 4 is 16.2 Å². The molecule has 6 heteroatoms. The summed E-state index contributed by atoms with van der Waals surface area (Å²) in [6.45, 7) is 6.97. The lowest BCUT2D eigenvalue weighted by atomic mass is 9.45. The molecule has 2 N–H and O–H groups in total. The molecule has 0 spiro atoms. The lowest BCUT2D eigenvalue weighted by molar-refractivity contribution is -0.133. The summed E-state index contributed by atoms with van der Waals surface area (Å²) >= 11 is 0. The maximum Gasteiger partial charge on any atom is 0.394 e. The van der Waals surface area contributed by atoms with Crippen LogP contribution in [-0.4, -0.2) is 23.3 Å². The number of Topliss-reactive ketones (excluding diaryl/α,β-unsaturated/α-hetero) is 1. The Morgan fingerprint density at radius 1 is 0.852 bits per heavy atom. The molecule has 0 saturated heterocycles. The maximum atomic E-state index is 12.2. The first kappa shape index (κ1) is 21.3. The number of hydrogen-bond donors (Lipinski definition) is 2. The molecule has 0 radical (unpaired) electrons. The van der Waals surface area contributed by atoms with E-state index in [9.17, 15) is 4.79 Å². The fourth-order valence-corrected chi connectivity index (χ4v) is 7.96. The van der Waals surface area contributed by atoms with Gasteiger partial charge in [0.1, 0.15) is 5.78 Å². The Balaban J connectivity index is 0.000000376. The minimum Gasteiger partial charge on any atom is -0.300 e. The molecule has 0 aromatic heterocycles. The molecule has 0 aliphatic heterocycles. The van der Waals surface area contributed by atoms with Gasteiger partial charge >= 0.3 is 10.4 Å². The zero-order valence-electron chi connectivity index (χ0n) is 17.0. The van der Waals surface area contributed by atoms with E-state index >= 15 is 0 Å². The Morgan fingerprint density at radius 3 is 2.11 bits per heavy atom. The van der Waals surface area contributed by atoms with Crippen LogP contribution in [0.25, 0.3) is 0 Å². The largest absolute Gasteiger partial charge is 0.394 e. The molecule has 0 aromatic carbocycles. The summed E-state index contributed by atoms with van der Waals surface area (Å²) in [6.07, 6.45) is 14.1. The smallest absolute Gasteiger partial charge is 0.300 e. The number of carbonyl (C=O) groups is 1. The fourth-order valence-electron chi connectivity index (χ4n) is 7.96. The van der Waals surface area contributed by atoms with E-state index in [-0.39, 0.29) is 0 Å². The number of hydrogen-bond acceptors (Lipinski definition) is 3. The second kappa shape index (κ2) is 7.42. The third kappa shape index (κ3) is 3.99. The van der Waals surface area contributed by atoms with Gasteiger partial charge in [0.25, 0.3) is 0 Å². The zero-order valence-corrected chi connectivity index (χ0v) is 17.8. The van der Waals surface area contributed by atoms with Gasteiger partial charge in [-0.05, 0) is 92.8 Å². The summed E-state index contributed by atoms with van der Waals surface area (Å²) in [5.41, 5.74) is 0.974. The van der Waals surface area contributed by atoms with Gasteiger partial charge in [-0.3, -0.25) is 13.9 Å². The first-order valence-electron chi connectivity index (χ1n) is 10.7. The van der Waals surface area contributed by atoms with E-state index in [1.165, 1.54) is 64.2 Å². The Morgan fingerprint density at radius 2 is 1.48 bits per heavy atom. The van der Waals surface area contributed by atoms with Gasteiger partial charge in [0.15, 0.2) is 0 Å². The molecule has 0 bridgehead atoms. The van der Waals surface area contributed by atoms with E-state index in [4.69, 9.17) is 17.5 Å². The normalized spacial score (nSPS) is 46.3. The van der Waals surface area contributed by atoms with Crippen molar-refractivity contribution in [2.24, 2.45) is 40.4 Å². The quantitative estimate of drug-likeness (QED) is 0.606. The molecule has 0 heterocycles. The van der Waals surface area contributed by atoms with Crippen LogP contribution in [0.3, 0.4) is 0 Å². The maximum absolute atomic E-state index is 12.2. The van der Waals surface area contributed by atoms with Gasteiger partial charge in [-0.15, -0.1) is 0 Å². The predicted molar refractivity (Wildman–Crippen MR) is 105 cm³/mol. The van der Waals surface area contributed by atoms with Crippen molar-refractivity contribution in [2.75, 3.05) is 0 Å². The Bertz CT molecular complexity index is 666. The van der Waals surface area contributed by atoms with Crippen LogP contribution in [0.1, 0.15) is 85.0 Å². The fraction of sp³-hybridized carbons (Fsp3) is 0.952. The molecule has 7 atom stereocenters. The van der Waals surface area contributed by atoms with Crippen LogP contribution in [0, 0.1) is 40.4 Å². The molecule has 0 aromatic rings. The van der Waals surface area contributed by atoms with Gasteiger partial charge in [-0.25, -0.2) is 0 Å².